The van der Waals surface area contributed by atoms with Crippen molar-refractivity contribution in [2.45, 2.75) is 60.2 Å². The van der Waals surface area contributed by atoms with Gasteiger partial charge < -0.3 is 5.11 Å². The van der Waals surface area contributed by atoms with Gasteiger partial charge in [0.2, 0.25) is 0 Å². The normalized spacial score (nSPS) is 16.1. The van der Waals surface area contributed by atoms with Crippen LogP contribution in [0.1, 0.15) is 18.1 Å². The van der Waals surface area contributed by atoms with Crippen molar-refractivity contribution in [2.24, 2.45) is 0 Å². The minimum atomic E-state index is -8.75. The molecule has 0 bridgehead atoms. The van der Waals surface area contributed by atoms with E-state index in [9.17, 15) is 89.9 Å². The fourth-order valence-electron chi connectivity index (χ4n) is 2.53. The molecule has 0 aliphatic heterocycles. The highest BCUT2D eigenvalue weighted by Crippen LogP contribution is 2.64. The molecule has 0 heterocycles. The van der Waals surface area contributed by atoms with Crippen LogP contribution in [0.2, 0.25) is 0 Å². The molecule has 0 aliphatic rings. The van der Waals surface area contributed by atoms with Crippen molar-refractivity contribution in [2.75, 3.05) is 0 Å². The lowest BCUT2D eigenvalue weighted by Crippen LogP contribution is -2.74. The van der Waals surface area contributed by atoms with E-state index in [4.69, 9.17) is 0 Å². The zero-order chi connectivity index (χ0) is 29.8. The molecule has 0 saturated carbocycles. The van der Waals surface area contributed by atoms with Crippen LogP contribution in [0.3, 0.4) is 0 Å². The molecule has 21 heteroatoms. The molecule has 1 N–H and O–H groups in total. The highest BCUT2D eigenvalue weighted by Gasteiger charge is 2.95. The Hall–Kier alpha value is -2.61. The number of halogens is 17. The fourth-order valence-corrected chi connectivity index (χ4v) is 2.53. The van der Waals surface area contributed by atoms with Crippen LogP contribution in [0.25, 0.3) is 0 Å². The zero-order valence-electron chi connectivity index (χ0n) is 16.7. The van der Waals surface area contributed by atoms with Gasteiger partial charge >= 0.3 is 47.6 Å². The number of hydrogen-bond acceptors (Lipinski definition) is 3. The third kappa shape index (κ3) is 4.73. The first-order chi connectivity index (χ1) is 16.0. The van der Waals surface area contributed by atoms with Crippen molar-refractivity contribution >= 4 is 5.69 Å². The summed E-state index contributed by atoms with van der Waals surface area (Å²) in [5.74, 6) is -57.6. The van der Waals surface area contributed by atoms with Crippen LogP contribution in [0, 0.1) is 10.1 Å². The molecule has 0 aliphatic carbocycles. The van der Waals surface area contributed by atoms with Gasteiger partial charge in [-0.2, -0.15) is 74.6 Å². The number of aliphatic hydroxyl groups excluding tert-OH is 1. The smallest absolute Gasteiger partial charge is 0.388 e. The lowest BCUT2D eigenvalue weighted by molar-refractivity contribution is -0.462. The van der Waals surface area contributed by atoms with E-state index in [2.05, 4.69) is 0 Å². The predicted molar refractivity (Wildman–Crippen MR) is 83.4 cm³/mol. The van der Waals surface area contributed by atoms with E-state index < -0.39 is 76.3 Å². The second-order valence-electron chi connectivity index (χ2n) is 7.22. The topological polar surface area (TPSA) is 63.4 Å². The summed E-state index contributed by atoms with van der Waals surface area (Å²) in [6, 6.07) is 1.88. The van der Waals surface area contributed by atoms with Crippen molar-refractivity contribution in [3.8, 4) is 0 Å². The standard InChI is InChI=1S/C16H8F17NO3/c17-9(18,5-8(35)6-2-1-3-7(4-6)34(36)37)10(19,20)11(21,22)12(23,24)13(25,26)14(27,28)15(29,30)16(31,32)33/h1-4,8,35H,5H2. The van der Waals surface area contributed by atoms with Gasteiger partial charge in [-0.25, -0.2) is 0 Å². The maximum absolute atomic E-state index is 13.9. The van der Waals surface area contributed by atoms with Gasteiger partial charge in [0.25, 0.3) is 5.69 Å². The number of aliphatic hydroxyl groups is 1. The molecule has 1 aromatic carbocycles. The van der Waals surface area contributed by atoms with Crippen molar-refractivity contribution in [3.05, 3.63) is 39.9 Å². The van der Waals surface area contributed by atoms with E-state index in [0.29, 0.717) is 18.2 Å². The lowest BCUT2D eigenvalue weighted by Gasteiger charge is -2.43. The third-order valence-electron chi connectivity index (χ3n) is 4.70. The fraction of sp³-hybridized carbons (Fsp3) is 0.625. The Balaban J connectivity index is 3.54. The molecule has 0 radical (unpaired) electrons. The molecule has 0 fully saturated rings. The molecule has 4 nitrogen and oxygen atoms in total. The average molecular weight is 585 g/mol. The molecule has 37 heavy (non-hydrogen) atoms. The summed E-state index contributed by atoms with van der Waals surface area (Å²) in [5.41, 5.74) is -2.17. The Labute approximate surface area is 191 Å². The molecular formula is C16H8F17NO3. The summed E-state index contributed by atoms with van der Waals surface area (Å²) in [7, 11) is 0. The summed E-state index contributed by atoms with van der Waals surface area (Å²) in [6.45, 7) is 0. The molecule has 214 valence electrons. The molecule has 0 saturated heterocycles. The second kappa shape index (κ2) is 9.00. The molecule has 1 rings (SSSR count). The molecule has 0 aromatic heterocycles. The van der Waals surface area contributed by atoms with Gasteiger partial charge in [-0.05, 0) is 5.56 Å². The van der Waals surface area contributed by atoms with E-state index >= 15 is 0 Å². The Morgan fingerprint density at radius 1 is 0.676 bits per heavy atom. The number of non-ortho nitro benzene ring substituents is 1. The summed E-state index contributed by atoms with van der Waals surface area (Å²) < 4.78 is 225. The number of nitro benzene ring substituents is 1. The summed E-state index contributed by atoms with van der Waals surface area (Å²) in [6.07, 6.45) is -14.2. The van der Waals surface area contributed by atoms with Gasteiger partial charge in [-0.15, -0.1) is 0 Å². The van der Waals surface area contributed by atoms with E-state index in [-0.39, 0.29) is 6.07 Å². The van der Waals surface area contributed by atoms with Crippen molar-refractivity contribution in [1.29, 1.82) is 0 Å². The van der Waals surface area contributed by atoms with Crippen LogP contribution >= 0.6 is 0 Å². The highest BCUT2D eigenvalue weighted by atomic mass is 19.4. The molecule has 0 spiro atoms. The van der Waals surface area contributed by atoms with E-state index in [1.807, 2.05) is 0 Å². The van der Waals surface area contributed by atoms with Gasteiger partial charge in [0.1, 0.15) is 0 Å². The number of alkyl halides is 17. The second-order valence-corrected chi connectivity index (χ2v) is 7.22. The zero-order valence-corrected chi connectivity index (χ0v) is 16.7. The van der Waals surface area contributed by atoms with Crippen molar-refractivity contribution < 1.29 is 84.7 Å². The van der Waals surface area contributed by atoms with Crippen LogP contribution in [-0.4, -0.2) is 57.7 Å². The van der Waals surface area contributed by atoms with Crippen LogP contribution in [0.5, 0.6) is 0 Å². The number of nitrogens with zero attached hydrogens (tertiary/aromatic N) is 1. The minimum absolute atomic E-state index is 0.180. The van der Waals surface area contributed by atoms with Crippen LogP contribution in [-0.2, 0) is 0 Å². The van der Waals surface area contributed by atoms with E-state index in [0.717, 1.165) is 0 Å². The maximum Gasteiger partial charge on any atom is 0.460 e. The number of hydrogen-bond donors (Lipinski definition) is 1. The SMILES string of the molecule is O=[N+]([O-])c1cccc(C(O)CC(F)(F)C(F)(F)C(F)(F)C(F)(F)C(F)(F)C(F)(F)C(F)(F)C(F)(F)F)c1. The molecule has 1 unspecified atom stereocenters. The van der Waals surface area contributed by atoms with E-state index in [1.54, 1.807) is 0 Å². The first-order valence-electron chi connectivity index (χ1n) is 8.68. The van der Waals surface area contributed by atoms with Crippen LogP contribution in [0.15, 0.2) is 24.3 Å². The highest BCUT2D eigenvalue weighted by molar-refractivity contribution is 5.35. The third-order valence-corrected chi connectivity index (χ3v) is 4.70. The average Bonchev–Trinajstić information content (AvgIpc) is 2.71. The molecule has 0 amide bonds. The minimum Gasteiger partial charge on any atom is -0.388 e. The maximum atomic E-state index is 13.9. The van der Waals surface area contributed by atoms with Gasteiger partial charge in [0, 0.05) is 18.6 Å². The Morgan fingerprint density at radius 2 is 1.05 bits per heavy atom. The Bertz CT molecular complexity index is 1000. The quantitative estimate of drug-likeness (QED) is 0.182. The van der Waals surface area contributed by atoms with Crippen molar-refractivity contribution in [3.63, 3.8) is 0 Å². The first kappa shape index (κ1) is 32.4. The van der Waals surface area contributed by atoms with Gasteiger partial charge in [-0.3, -0.25) is 10.1 Å². The van der Waals surface area contributed by atoms with Gasteiger partial charge in [0.15, 0.2) is 0 Å². The molecule has 1 atom stereocenters. The van der Waals surface area contributed by atoms with Crippen LogP contribution < -0.4 is 0 Å². The van der Waals surface area contributed by atoms with Gasteiger partial charge in [-0.1, -0.05) is 12.1 Å². The number of nitro groups is 1. The first-order valence-corrected chi connectivity index (χ1v) is 8.68. The predicted octanol–water partition coefficient (Wildman–Crippen LogP) is 7.03. The lowest BCUT2D eigenvalue weighted by atomic mass is 9.87. The summed E-state index contributed by atoms with van der Waals surface area (Å²) in [5, 5.41) is 20.1. The number of benzene rings is 1. The van der Waals surface area contributed by atoms with E-state index in [1.165, 1.54) is 0 Å². The monoisotopic (exact) mass is 585 g/mol. The summed E-state index contributed by atoms with van der Waals surface area (Å²) in [4.78, 5) is 9.33. The Morgan fingerprint density at radius 3 is 1.43 bits per heavy atom. The van der Waals surface area contributed by atoms with Crippen molar-refractivity contribution in [1.82, 2.24) is 0 Å². The Kier molecular flexibility index (Phi) is 7.89. The number of rotatable bonds is 10. The largest absolute Gasteiger partial charge is 0.460 e. The van der Waals surface area contributed by atoms with Crippen LogP contribution in [0.4, 0.5) is 80.3 Å². The molecule has 1 aromatic rings. The van der Waals surface area contributed by atoms with Gasteiger partial charge in [0.05, 0.1) is 11.0 Å². The molecular weight excluding hydrogens is 577 g/mol. The summed E-state index contributed by atoms with van der Waals surface area (Å²) >= 11 is 0.